The molecule has 148 valence electrons. The highest BCUT2D eigenvalue weighted by atomic mass is 35.5. The molecule has 1 heterocycles. The van der Waals surface area contributed by atoms with Crippen LogP contribution in [0.1, 0.15) is 36.6 Å². The summed E-state index contributed by atoms with van der Waals surface area (Å²) in [7, 11) is 0. The fraction of sp³-hybridized carbons (Fsp3) is 0.400. The van der Waals surface area contributed by atoms with Gasteiger partial charge < -0.3 is 9.63 Å². The van der Waals surface area contributed by atoms with E-state index in [0.717, 1.165) is 25.3 Å². The second-order valence-electron chi connectivity index (χ2n) is 5.57. The number of nitrogens with zero attached hydrogens (tertiary/aromatic N) is 2. The van der Waals surface area contributed by atoms with Crippen molar-refractivity contribution >= 4 is 17.6 Å². The molecular weight excluding hydrogens is 406 g/mol. The summed E-state index contributed by atoms with van der Waals surface area (Å²) in [6.07, 6.45) is -6.64. The van der Waals surface area contributed by atoms with Gasteiger partial charge in [0.2, 0.25) is 11.7 Å². The predicted octanol–water partition coefficient (Wildman–Crippen LogP) is 5.31. The van der Waals surface area contributed by atoms with E-state index in [4.69, 9.17) is 26.0 Å². The zero-order valence-electron chi connectivity index (χ0n) is 13.2. The first kappa shape index (κ1) is 21.0. The molecule has 3 rings (SSSR count). The molecule has 2 aromatic rings. The first-order chi connectivity index (χ1) is 12.4. The van der Waals surface area contributed by atoms with E-state index >= 15 is 0 Å². The number of aliphatic carboxylic acids is 1. The van der Waals surface area contributed by atoms with Gasteiger partial charge in [0.15, 0.2) is 0 Å². The van der Waals surface area contributed by atoms with Crippen LogP contribution in [0.2, 0.25) is 5.02 Å². The SMILES string of the molecule is FC(F)(F)c1cc(Cl)ccc1-c1noc(C2CCC2)n1.O=C(O)C(F)(F)F. The molecule has 1 aromatic carbocycles. The van der Waals surface area contributed by atoms with Crippen molar-refractivity contribution in [3.05, 3.63) is 34.7 Å². The highest BCUT2D eigenvalue weighted by Gasteiger charge is 2.38. The molecule has 1 aliphatic carbocycles. The number of carboxylic acids is 1. The monoisotopic (exact) mass is 416 g/mol. The molecule has 0 unspecified atom stereocenters. The highest BCUT2D eigenvalue weighted by Crippen LogP contribution is 2.39. The Balaban J connectivity index is 0.000000321. The summed E-state index contributed by atoms with van der Waals surface area (Å²) >= 11 is 5.63. The molecule has 1 aromatic heterocycles. The number of carboxylic acid groups (broad SMARTS) is 1. The van der Waals surface area contributed by atoms with E-state index in [2.05, 4.69) is 10.1 Å². The third-order valence-corrected chi connectivity index (χ3v) is 3.90. The van der Waals surface area contributed by atoms with Gasteiger partial charge in [0.05, 0.1) is 5.56 Å². The molecular formula is C15H11ClF6N2O3. The van der Waals surface area contributed by atoms with Crippen LogP contribution in [-0.4, -0.2) is 27.4 Å². The Morgan fingerprint density at radius 3 is 2.22 bits per heavy atom. The van der Waals surface area contributed by atoms with Gasteiger partial charge in [0, 0.05) is 16.5 Å². The van der Waals surface area contributed by atoms with E-state index in [1.165, 1.54) is 12.1 Å². The van der Waals surface area contributed by atoms with Gasteiger partial charge in [-0.25, -0.2) is 4.79 Å². The maximum atomic E-state index is 13.0. The standard InChI is InChI=1S/C13H10ClF3N2O.C2HF3O2/c14-8-4-5-9(10(6-8)13(15,16)17)11-18-12(20-19-11)7-2-1-3-7;3-2(4,5)1(6)7/h4-7H,1-3H2;(H,6,7). The Kier molecular flexibility index (Phi) is 6.03. The molecule has 1 N–H and O–H groups in total. The van der Waals surface area contributed by atoms with Crippen molar-refractivity contribution in [1.29, 1.82) is 0 Å². The van der Waals surface area contributed by atoms with E-state index in [1.54, 1.807) is 0 Å². The molecule has 0 spiro atoms. The van der Waals surface area contributed by atoms with Crippen molar-refractivity contribution in [2.24, 2.45) is 0 Å². The number of hydrogen-bond acceptors (Lipinski definition) is 4. The molecule has 1 saturated carbocycles. The molecule has 27 heavy (non-hydrogen) atoms. The molecule has 12 heteroatoms. The maximum absolute atomic E-state index is 13.0. The average molecular weight is 417 g/mol. The largest absolute Gasteiger partial charge is 0.490 e. The first-order valence-corrected chi connectivity index (χ1v) is 7.78. The number of carbonyl (C=O) groups is 1. The van der Waals surface area contributed by atoms with Crippen LogP contribution in [0.25, 0.3) is 11.4 Å². The normalized spacial score (nSPS) is 14.9. The van der Waals surface area contributed by atoms with Crippen LogP contribution < -0.4 is 0 Å². The lowest BCUT2D eigenvalue weighted by atomic mass is 9.85. The minimum Gasteiger partial charge on any atom is -0.475 e. The van der Waals surface area contributed by atoms with Crippen molar-refractivity contribution in [2.45, 2.75) is 37.5 Å². The van der Waals surface area contributed by atoms with Gasteiger partial charge in [0.25, 0.3) is 0 Å². The highest BCUT2D eigenvalue weighted by molar-refractivity contribution is 6.30. The summed E-state index contributed by atoms with van der Waals surface area (Å²) in [6.45, 7) is 0. The van der Waals surface area contributed by atoms with Crippen molar-refractivity contribution in [3.63, 3.8) is 0 Å². The fourth-order valence-corrected chi connectivity index (χ4v) is 2.28. The van der Waals surface area contributed by atoms with Crippen LogP contribution in [-0.2, 0) is 11.0 Å². The predicted molar refractivity (Wildman–Crippen MR) is 80.0 cm³/mol. The summed E-state index contributed by atoms with van der Waals surface area (Å²) in [5.74, 6) is -2.21. The zero-order chi connectivity index (χ0) is 20.4. The Morgan fingerprint density at radius 1 is 1.19 bits per heavy atom. The Labute approximate surface area is 152 Å². The van der Waals surface area contributed by atoms with Gasteiger partial charge in [-0.15, -0.1) is 0 Å². The molecule has 0 amide bonds. The lowest BCUT2D eigenvalue weighted by Crippen LogP contribution is -2.21. The van der Waals surface area contributed by atoms with Crippen molar-refractivity contribution < 1.29 is 40.8 Å². The second kappa shape index (κ2) is 7.75. The number of rotatable bonds is 2. The third kappa shape index (κ3) is 5.34. The molecule has 0 aliphatic heterocycles. The number of benzene rings is 1. The number of alkyl halides is 6. The summed E-state index contributed by atoms with van der Waals surface area (Å²) in [4.78, 5) is 13.0. The minimum absolute atomic E-state index is 0.0174. The van der Waals surface area contributed by atoms with Crippen molar-refractivity contribution in [1.82, 2.24) is 10.1 Å². The van der Waals surface area contributed by atoms with E-state index in [0.29, 0.717) is 5.89 Å². The van der Waals surface area contributed by atoms with Crippen LogP contribution in [0, 0.1) is 0 Å². The summed E-state index contributed by atoms with van der Waals surface area (Å²) < 4.78 is 75.8. The van der Waals surface area contributed by atoms with Crippen LogP contribution >= 0.6 is 11.6 Å². The smallest absolute Gasteiger partial charge is 0.475 e. The molecule has 5 nitrogen and oxygen atoms in total. The average Bonchev–Trinajstić information content (AvgIpc) is 2.93. The van der Waals surface area contributed by atoms with E-state index in [1.807, 2.05) is 0 Å². The maximum Gasteiger partial charge on any atom is 0.490 e. The van der Waals surface area contributed by atoms with Gasteiger partial charge in [-0.3, -0.25) is 0 Å². The summed E-state index contributed by atoms with van der Waals surface area (Å²) in [5.41, 5.74) is -0.970. The third-order valence-electron chi connectivity index (χ3n) is 3.67. The van der Waals surface area contributed by atoms with Gasteiger partial charge in [-0.05, 0) is 31.0 Å². The topological polar surface area (TPSA) is 76.2 Å². The summed E-state index contributed by atoms with van der Waals surface area (Å²) in [6, 6.07) is 3.52. The van der Waals surface area contributed by atoms with Crippen molar-refractivity contribution in [3.8, 4) is 11.4 Å². The van der Waals surface area contributed by atoms with Gasteiger partial charge >= 0.3 is 18.3 Å². The molecule has 1 fully saturated rings. The zero-order valence-corrected chi connectivity index (χ0v) is 14.0. The van der Waals surface area contributed by atoms with Gasteiger partial charge in [0.1, 0.15) is 0 Å². The Hall–Kier alpha value is -2.30. The number of hydrogen-bond donors (Lipinski definition) is 1. The lowest BCUT2D eigenvalue weighted by Gasteiger charge is -2.20. The second-order valence-corrected chi connectivity index (χ2v) is 6.01. The van der Waals surface area contributed by atoms with Gasteiger partial charge in [-0.1, -0.05) is 23.2 Å². The van der Waals surface area contributed by atoms with Crippen LogP contribution in [0.3, 0.4) is 0 Å². The Morgan fingerprint density at radius 2 is 1.78 bits per heavy atom. The molecule has 0 radical (unpaired) electrons. The van der Waals surface area contributed by atoms with Crippen LogP contribution in [0.4, 0.5) is 26.3 Å². The molecule has 1 aliphatic rings. The van der Waals surface area contributed by atoms with E-state index in [9.17, 15) is 26.3 Å². The Bertz CT molecular complexity index is 815. The first-order valence-electron chi connectivity index (χ1n) is 7.40. The van der Waals surface area contributed by atoms with Crippen LogP contribution in [0.5, 0.6) is 0 Å². The molecule has 0 saturated heterocycles. The quantitative estimate of drug-likeness (QED) is 0.671. The number of halogens is 7. The number of aromatic nitrogens is 2. The van der Waals surface area contributed by atoms with Gasteiger partial charge in [-0.2, -0.15) is 31.3 Å². The van der Waals surface area contributed by atoms with E-state index in [-0.39, 0.29) is 22.3 Å². The molecule has 0 bridgehead atoms. The van der Waals surface area contributed by atoms with E-state index < -0.39 is 23.9 Å². The summed E-state index contributed by atoms with van der Waals surface area (Å²) in [5, 5.41) is 10.8. The van der Waals surface area contributed by atoms with Crippen LogP contribution in [0.15, 0.2) is 22.7 Å². The fourth-order valence-electron chi connectivity index (χ4n) is 2.11. The van der Waals surface area contributed by atoms with Crippen molar-refractivity contribution in [2.75, 3.05) is 0 Å². The molecule has 0 atom stereocenters. The lowest BCUT2D eigenvalue weighted by molar-refractivity contribution is -0.192. The minimum atomic E-state index is -5.08.